The summed E-state index contributed by atoms with van der Waals surface area (Å²) in [6.45, 7) is 15.2. The topological polar surface area (TPSA) is 49.4 Å². The van der Waals surface area contributed by atoms with Crippen molar-refractivity contribution in [2.45, 2.75) is 73.6 Å². The quantitative estimate of drug-likeness (QED) is 0.840. The summed E-state index contributed by atoms with van der Waals surface area (Å²) in [6, 6.07) is 0. The Morgan fingerprint density at radius 3 is 1.96 bits per heavy atom. The van der Waals surface area contributed by atoms with Crippen LogP contribution >= 0.6 is 0 Å². The minimum Gasteiger partial charge on any atom is -0.356 e. The molecule has 0 atom stereocenters. The molecule has 0 aromatic heterocycles. The van der Waals surface area contributed by atoms with Crippen LogP contribution in [0, 0.1) is 16.7 Å². The highest BCUT2D eigenvalue weighted by atomic mass is 16.2. The summed E-state index contributed by atoms with van der Waals surface area (Å²) in [4.78, 5) is 26.4. The van der Waals surface area contributed by atoms with Gasteiger partial charge in [-0.3, -0.25) is 9.59 Å². The van der Waals surface area contributed by atoms with Crippen LogP contribution in [0.2, 0.25) is 0 Å². The lowest BCUT2D eigenvalue weighted by atomic mass is 9.89. The average Bonchev–Trinajstić information content (AvgIpc) is 2.42. The second kappa shape index (κ2) is 8.16. The van der Waals surface area contributed by atoms with Gasteiger partial charge < -0.3 is 10.2 Å². The van der Waals surface area contributed by atoms with Crippen LogP contribution in [0.3, 0.4) is 0 Å². The lowest BCUT2D eigenvalue weighted by Crippen LogP contribution is -2.43. The zero-order valence-corrected chi connectivity index (χ0v) is 16.0. The predicted molar refractivity (Wildman–Crippen MR) is 95.1 cm³/mol. The van der Waals surface area contributed by atoms with E-state index in [1.165, 1.54) is 0 Å². The summed E-state index contributed by atoms with van der Waals surface area (Å²) in [5.41, 5.74) is 0.442. The van der Waals surface area contributed by atoms with Crippen molar-refractivity contribution < 1.29 is 9.59 Å². The van der Waals surface area contributed by atoms with Crippen molar-refractivity contribution >= 4 is 11.8 Å². The molecule has 0 radical (unpaired) electrons. The first-order valence-corrected chi connectivity index (χ1v) is 9.03. The lowest BCUT2D eigenvalue weighted by molar-refractivity contribution is -0.136. The molecule has 0 aromatic rings. The van der Waals surface area contributed by atoms with E-state index >= 15 is 0 Å². The maximum Gasteiger partial charge on any atom is 0.223 e. The van der Waals surface area contributed by atoms with Crippen molar-refractivity contribution in [3.63, 3.8) is 0 Å². The molecule has 1 aliphatic heterocycles. The van der Waals surface area contributed by atoms with E-state index in [1.54, 1.807) is 0 Å². The number of nitrogens with zero attached hydrogens (tertiary/aromatic N) is 1. The first-order chi connectivity index (χ1) is 10.5. The van der Waals surface area contributed by atoms with Crippen molar-refractivity contribution in [2.24, 2.45) is 16.7 Å². The Hall–Kier alpha value is -1.06. The van der Waals surface area contributed by atoms with Crippen LogP contribution < -0.4 is 5.32 Å². The highest BCUT2D eigenvalue weighted by Gasteiger charge is 2.27. The Morgan fingerprint density at radius 1 is 0.957 bits per heavy atom. The molecule has 4 nitrogen and oxygen atoms in total. The van der Waals surface area contributed by atoms with Crippen LogP contribution in [0.4, 0.5) is 0 Å². The van der Waals surface area contributed by atoms with Crippen molar-refractivity contribution in [1.82, 2.24) is 10.2 Å². The highest BCUT2D eigenvalue weighted by molar-refractivity contribution is 5.80. The third kappa shape index (κ3) is 8.38. The molecule has 1 fully saturated rings. The Bertz CT molecular complexity index is 397. The van der Waals surface area contributed by atoms with Gasteiger partial charge in [0, 0.05) is 32.0 Å². The lowest BCUT2D eigenvalue weighted by Gasteiger charge is -2.32. The number of amides is 2. The minimum atomic E-state index is 0.0710. The van der Waals surface area contributed by atoms with E-state index in [4.69, 9.17) is 0 Å². The largest absolute Gasteiger partial charge is 0.356 e. The summed E-state index contributed by atoms with van der Waals surface area (Å²) in [5, 5.41) is 3.06. The van der Waals surface area contributed by atoms with Gasteiger partial charge in [-0.2, -0.15) is 0 Å². The van der Waals surface area contributed by atoms with Gasteiger partial charge in [0.25, 0.3) is 0 Å². The van der Waals surface area contributed by atoms with Gasteiger partial charge in [-0.15, -0.1) is 0 Å². The van der Waals surface area contributed by atoms with Crippen LogP contribution in [-0.2, 0) is 9.59 Å². The fourth-order valence-electron chi connectivity index (χ4n) is 2.74. The Kier molecular flexibility index (Phi) is 7.09. The number of piperidine rings is 1. The number of hydrogen-bond acceptors (Lipinski definition) is 2. The maximum atomic E-state index is 12.2. The summed E-state index contributed by atoms with van der Waals surface area (Å²) < 4.78 is 0. The Labute approximate surface area is 142 Å². The van der Waals surface area contributed by atoms with Gasteiger partial charge in [-0.1, -0.05) is 41.5 Å². The number of rotatable bonds is 5. The first-order valence-electron chi connectivity index (χ1n) is 9.03. The summed E-state index contributed by atoms with van der Waals surface area (Å²) in [7, 11) is 0. The van der Waals surface area contributed by atoms with Gasteiger partial charge in [0.05, 0.1) is 0 Å². The number of carbonyl (C=O) groups is 2. The zero-order valence-electron chi connectivity index (χ0n) is 16.0. The number of nitrogens with one attached hydrogen (secondary N) is 1. The van der Waals surface area contributed by atoms with E-state index in [1.807, 2.05) is 4.90 Å². The maximum absolute atomic E-state index is 12.2. The van der Waals surface area contributed by atoms with Gasteiger partial charge >= 0.3 is 0 Å². The van der Waals surface area contributed by atoms with Gasteiger partial charge in [0.2, 0.25) is 11.8 Å². The van der Waals surface area contributed by atoms with E-state index in [9.17, 15) is 9.59 Å². The van der Waals surface area contributed by atoms with Crippen molar-refractivity contribution in [3.05, 3.63) is 0 Å². The molecule has 23 heavy (non-hydrogen) atoms. The summed E-state index contributed by atoms with van der Waals surface area (Å²) in [6.07, 6.45) is 4.11. The third-order valence-electron chi connectivity index (χ3n) is 4.48. The fraction of sp³-hybridized carbons (Fsp3) is 0.895. The Balaban J connectivity index is 2.29. The van der Waals surface area contributed by atoms with Crippen LogP contribution in [0.15, 0.2) is 0 Å². The van der Waals surface area contributed by atoms with E-state index in [0.29, 0.717) is 6.42 Å². The average molecular weight is 325 g/mol. The second-order valence-electron chi connectivity index (χ2n) is 9.32. The van der Waals surface area contributed by atoms with E-state index in [0.717, 1.165) is 45.3 Å². The molecule has 0 unspecified atom stereocenters. The van der Waals surface area contributed by atoms with E-state index in [-0.39, 0.29) is 28.6 Å². The number of hydrogen-bond donors (Lipinski definition) is 1. The molecule has 0 bridgehead atoms. The Morgan fingerprint density at radius 2 is 1.48 bits per heavy atom. The van der Waals surface area contributed by atoms with Crippen LogP contribution in [-0.4, -0.2) is 36.3 Å². The molecule has 1 saturated heterocycles. The van der Waals surface area contributed by atoms with Crippen molar-refractivity contribution in [3.8, 4) is 0 Å². The standard InChI is InChI=1S/C19H36N2O2/c1-18(2,3)10-7-16(22)21-13-8-15(9-14-21)17(23)20-12-11-19(4,5)6/h15H,7-14H2,1-6H3,(H,20,23). The predicted octanol–water partition coefficient (Wildman–Crippen LogP) is 3.60. The monoisotopic (exact) mass is 324 g/mol. The summed E-state index contributed by atoms with van der Waals surface area (Å²) in [5.74, 6) is 0.476. The molecule has 0 aliphatic carbocycles. The smallest absolute Gasteiger partial charge is 0.223 e. The number of carbonyl (C=O) groups excluding carboxylic acids is 2. The molecular formula is C19H36N2O2. The molecular weight excluding hydrogens is 288 g/mol. The molecule has 0 saturated carbocycles. The molecule has 134 valence electrons. The third-order valence-corrected chi connectivity index (χ3v) is 4.48. The molecule has 2 amide bonds. The van der Waals surface area contributed by atoms with Gasteiger partial charge in [-0.25, -0.2) is 0 Å². The highest BCUT2D eigenvalue weighted by Crippen LogP contribution is 2.23. The minimum absolute atomic E-state index is 0.0710. The van der Waals surface area contributed by atoms with Gasteiger partial charge in [0.15, 0.2) is 0 Å². The number of likely N-dealkylation sites (tertiary alicyclic amines) is 1. The zero-order chi connectivity index (χ0) is 17.7. The molecule has 1 aliphatic rings. The van der Waals surface area contributed by atoms with E-state index in [2.05, 4.69) is 46.9 Å². The van der Waals surface area contributed by atoms with E-state index < -0.39 is 0 Å². The van der Waals surface area contributed by atoms with Crippen LogP contribution in [0.5, 0.6) is 0 Å². The molecule has 4 heteroatoms. The van der Waals surface area contributed by atoms with Gasteiger partial charge in [-0.05, 0) is 36.5 Å². The van der Waals surface area contributed by atoms with Crippen molar-refractivity contribution in [1.29, 1.82) is 0 Å². The fourth-order valence-corrected chi connectivity index (χ4v) is 2.74. The SMILES string of the molecule is CC(C)(C)CCNC(=O)C1CCN(C(=O)CCC(C)(C)C)CC1. The van der Waals surface area contributed by atoms with Crippen molar-refractivity contribution in [2.75, 3.05) is 19.6 Å². The molecule has 0 spiro atoms. The molecule has 1 heterocycles. The van der Waals surface area contributed by atoms with Gasteiger partial charge in [0.1, 0.15) is 0 Å². The van der Waals surface area contributed by atoms with Crippen LogP contribution in [0.1, 0.15) is 73.6 Å². The first kappa shape index (κ1) is 20.0. The molecule has 1 rings (SSSR count). The van der Waals surface area contributed by atoms with Crippen LogP contribution in [0.25, 0.3) is 0 Å². The second-order valence-corrected chi connectivity index (χ2v) is 9.32. The molecule has 0 aromatic carbocycles. The normalized spacial score (nSPS) is 17.2. The summed E-state index contributed by atoms with van der Waals surface area (Å²) >= 11 is 0. The molecule has 1 N–H and O–H groups in total.